The molecule has 0 bridgehead atoms. The number of hydrogen-bond acceptors (Lipinski definition) is 4. The molecule has 2 aromatic carbocycles. The molecule has 0 fully saturated rings. The molecule has 2 rings (SSSR count). The van der Waals surface area contributed by atoms with Gasteiger partial charge in [0.25, 0.3) is 0 Å². The number of rotatable bonds is 8. The van der Waals surface area contributed by atoms with Gasteiger partial charge in [0, 0.05) is 12.1 Å². The SMILES string of the molecule is C=C(C)[C@@H](c1ccccc1)[C@H](OC(=O)N(C(C)C)C(C)C)S(=O)(=O)c1ccc(C)cc1. The van der Waals surface area contributed by atoms with Gasteiger partial charge in [-0.3, -0.25) is 0 Å². The summed E-state index contributed by atoms with van der Waals surface area (Å²) in [6.45, 7) is 15.2. The lowest BCUT2D eigenvalue weighted by atomic mass is 9.93. The molecular formula is C25H33NO4S. The first kappa shape index (κ1) is 24.7. The number of carbonyl (C=O) groups excluding carboxylic acids is 1. The molecule has 0 N–H and O–H groups in total. The summed E-state index contributed by atoms with van der Waals surface area (Å²) in [6.07, 6.45) is -0.659. The lowest BCUT2D eigenvalue weighted by Crippen LogP contribution is -2.46. The molecule has 0 saturated heterocycles. The van der Waals surface area contributed by atoms with Crippen molar-refractivity contribution in [1.29, 1.82) is 0 Å². The molecule has 0 heterocycles. The predicted octanol–water partition coefficient (Wildman–Crippen LogP) is 5.71. The van der Waals surface area contributed by atoms with Crippen molar-refractivity contribution in [2.75, 3.05) is 0 Å². The molecule has 5 nitrogen and oxygen atoms in total. The van der Waals surface area contributed by atoms with Crippen LogP contribution in [0.3, 0.4) is 0 Å². The Morgan fingerprint density at radius 3 is 1.90 bits per heavy atom. The van der Waals surface area contributed by atoms with Crippen molar-refractivity contribution >= 4 is 15.9 Å². The van der Waals surface area contributed by atoms with Crippen molar-refractivity contribution in [3.63, 3.8) is 0 Å². The van der Waals surface area contributed by atoms with Crippen molar-refractivity contribution in [3.05, 3.63) is 77.9 Å². The normalized spacial score (nSPS) is 13.7. The van der Waals surface area contributed by atoms with Gasteiger partial charge in [-0.2, -0.15) is 0 Å². The minimum atomic E-state index is -4.02. The molecular weight excluding hydrogens is 410 g/mol. The van der Waals surface area contributed by atoms with Crippen LogP contribution < -0.4 is 0 Å². The molecule has 0 spiro atoms. The highest BCUT2D eigenvalue weighted by molar-refractivity contribution is 7.92. The van der Waals surface area contributed by atoms with Crippen molar-refractivity contribution in [3.8, 4) is 0 Å². The van der Waals surface area contributed by atoms with E-state index in [1.54, 1.807) is 31.2 Å². The number of carbonyl (C=O) groups is 1. The van der Waals surface area contributed by atoms with Gasteiger partial charge in [-0.15, -0.1) is 0 Å². The average molecular weight is 444 g/mol. The van der Waals surface area contributed by atoms with Crippen LogP contribution in [0.4, 0.5) is 4.79 Å². The summed E-state index contributed by atoms with van der Waals surface area (Å²) in [5.41, 5.74) is 0.824. The zero-order chi connectivity index (χ0) is 23.3. The molecule has 31 heavy (non-hydrogen) atoms. The van der Waals surface area contributed by atoms with Gasteiger partial charge in [-0.25, -0.2) is 13.2 Å². The van der Waals surface area contributed by atoms with Gasteiger partial charge in [-0.1, -0.05) is 60.2 Å². The van der Waals surface area contributed by atoms with Crippen molar-refractivity contribution in [2.45, 2.75) is 69.9 Å². The Morgan fingerprint density at radius 1 is 0.935 bits per heavy atom. The summed E-state index contributed by atoms with van der Waals surface area (Å²) in [6, 6.07) is 15.5. The van der Waals surface area contributed by atoms with Gasteiger partial charge in [0.15, 0.2) is 0 Å². The summed E-state index contributed by atoms with van der Waals surface area (Å²) in [5, 5.41) is 0. The molecule has 0 aliphatic heterocycles. The summed E-state index contributed by atoms with van der Waals surface area (Å²) in [5.74, 6) is -0.711. The Bertz CT molecular complexity index is 988. The molecule has 0 radical (unpaired) electrons. The largest absolute Gasteiger partial charge is 0.428 e. The number of ether oxygens (including phenoxy) is 1. The average Bonchev–Trinajstić information content (AvgIpc) is 2.67. The van der Waals surface area contributed by atoms with E-state index >= 15 is 0 Å². The number of amides is 1. The zero-order valence-corrected chi connectivity index (χ0v) is 20.0. The lowest BCUT2D eigenvalue weighted by molar-refractivity contribution is 0.0641. The fourth-order valence-electron chi connectivity index (χ4n) is 3.69. The molecule has 1 amide bonds. The molecule has 0 aliphatic carbocycles. The Kier molecular flexibility index (Phi) is 8.07. The number of nitrogens with zero attached hydrogens (tertiary/aromatic N) is 1. The number of benzene rings is 2. The number of aryl methyl sites for hydroxylation is 1. The molecule has 168 valence electrons. The second-order valence-electron chi connectivity index (χ2n) is 8.44. The summed E-state index contributed by atoms with van der Waals surface area (Å²) >= 11 is 0. The third-order valence-electron chi connectivity index (χ3n) is 5.16. The van der Waals surface area contributed by atoms with Gasteiger partial charge in [0.1, 0.15) is 0 Å². The van der Waals surface area contributed by atoms with Gasteiger partial charge in [0.2, 0.25) is 15.3 Å². The fraction of sp³-hybridized carbons (Fsp3) is 0.400. The predicted molar refractivity (Wildman–Crippen MR) is 125 cm³/mol. The van der Waals surface area contributed by atoms with Gasteiger partial charge < -0.3 is 9.64 Å². The minimum Gasteiger partial charge on any atom is -0.428 e. The van der Waals surface area contributed by atoms with Crippen LogP contribution in [0, 0.1) is 6.92 Å². The highest BCUT2D eigenvalue weighted by Gasteiger charge is 2.41. The highest BCUT2D eigenvalue weighted by Crippen LogP contribution is 2.35. The van der Waals surface area contributed by atoms with E-state index in [-0.39, 0.29) is 17.0 Å². The highest BCUT2D eigenvalue weighted by atomic mass is 32.2. The first-order valence-electron chi connectivity index (χ1n) is 10.5. The topological polar surface area (TPSA) is 63.7 Å². The maximum absolute atomic E-state index is 13.7. The smallest absolute Gasteiger partial charge is 0.411 e. The third kappa shape index (κ3) is 5.76. The van der Waals surface area contributed by atoms with Crippen LogP contribution in [-0.2, 0) is 14.6 Å². The summed E-state index contributed by atoms with van der Waals surface area (Å²) in [7, 11) is -4.02. The Hall–Kier alpha value is -2.60. The van der Waals surface area contributed by atoms with E-state index in [1.165, 1.54) is 4.90 Å². The Labute approximate surface area is 186 Å². The Morgan fingerprint density at radius 2 is 1.45 bits per heavy atom. The van der Waals surface area contributed by atoms with Crippen LogP contribution in [-0.4, -0.2) is 36.9 Å². The first-order chi connectivity index (χ1) is 14.5. The van der Waals surface area contributed by atoms with E-state index in [2.05, 4.69) is 6.58 Å². The van der Waals surface area contributed by atoms with E-state index in [0.717, 1.165) is 11.1 Å². The molecule has 2 atom stereocenters. The third-order valence-corrected chi connectivity index (χ3v) is 7.07. The summed E-state index contributed by atoms with van der Waals surface area (Å²) < 4.78 is 33.2. The van der Waals surface area contributed by atoms with Crippen LogP contribution >= 0.6 is 0 Å². The van der Waals surface area contributed by atoms with Crippen LogP contribution in [0.5, 0.6) is 0 Å². The van der Waals surface area contributed by atoms with E-state index in [4.69, 9.17) is 4.74 Å². The van der Waals surface area contributed by atoms with Crippen LogP contribution in [0.25, 0.3) is 0 Å². The second kappa shape index (κ2) is 10.1. The quantitative estimate of drug-likeness (QED) is 0.490. The number of sulfone groups is 1. The lowest BCUT2D eigenvalue weighted by Gasteiger charge is -2.34. The van der Waals surface area contributed by atoms with Crippen LogP contribution in [0.2, 0.25) is 0 Å². The number of hydrogen-bond donors (Lipinski definition) is 0. The van der Waals surface area contributed by atoms with Gasteiger partial charge in [0.05, 0.1) is 10.8 Å². The van der Waals surface area contributed by atoms with Crippen molar-refractivity contribution < 1.29 is 17.9 Å². The minimum absolute atomic E-state index is 0.110. The molecule has 0 unspecified atom stereocenters. The van der Waals surface area contributed by atoms with Crippen LogP contribution in [0.1, 0.15) is 51.7 Å². The van der Waals surface area contributed by atoms with E-state index in [9.17, 15) is 13.2 Å². The first-order valence-corrected chi connectivity index (χ1v) is 12.0. The molecule has 0 aromatic heterocycles. The molecule has 2 aromatic rings. The van der Waals surface area contributed by atoms with E-state index in [1.807, 2.05) is 65.0 Å². The van der Waals surface area contributed by atoms with Gasteiger partial charge >= 0.3 is 6.09 Å². The fourth-order valence-corrected chi connectivity index (χ4v) is 5.43. The van der Waals surface area contributed by atoms with E-state index < -0.39 is 27.3 Å². The Balaban J connectivity index is 2.62. The maximum Gasteiger partial charge on any atom is 0.411 e. The molecule has 0 aliphatic rings. The van der Waals surface area contributed by atoms with E-state index in [0.29, 0.717) is 5.57 Å². The standard InChI is InChI=1S/C25H33NO4S/c1-17(2)23(21-11-9-8-10-12-21)24(30-25(27)26(18(3)4)19(5)6)31(28,29)22-15-13-20(7)14-16-22/h8-16,18-19,23-24H,1H2,2-7H3/t23-,24+/m0/s1. The van der Waals surface area contributed by atoms with Crippen molar-refractivity contribution in [2.24, 2.45) is 0 Å². The van der Waals surface area contributed by atoms with Gasteiger partial charge in [-0.05, 0) is 59.2 Å². The van der Waals surface area contributed by atoms with Crippen LogP contribution in [0.15, 0.2) is 71.6 Å². The molecule has 6 heteroatoms. The monoisotopic (exact) mass is 443 g/mol. The summed E-state index contributed by atoms with van der Waals surface area (Å²) in [4.78, 5) is 14.8. The second-order valence-corrected chi connectivity index (χ2v) is 10.5. The maximum atomic E-state index is 13.7. The zero-order valence-electron chi connectivity index (χ0n) is 19.2. The molecule has 0 saturated carbocycles. The van der Waals surface area contributed by atoms with Crippen molar-refractivity contribution in [1.82, 2.24) is 4.90 Å².